The summed E-state index contributed by atoms with van der Waals surface area (Å²) in [6.07, 6.45) is -3.60. The number of aromatic nitrogens is 3. The van der Waals surface area contributed by atoms with Gasteiger partial charge in [0.05, 0.1) is 12.2 Å². The average Bonchev–Trinajstić information content (AvgIpc) is 2.81. The van der Waals surface area contributed by atoms with Crippen LogP contribution in [0.3, 0.4) is 0 Å². The number of hydrogen-bond donors (Lipinski definition) is 0. The first-order chi connectivity index (χ1) is 9.67. The first-order valence-corrected chi connectivity index (χ1v) is 6.27. The van der Waals surface area contributed by atoms with Crippen LogP contribution >= 0.6 is 0 Å². The molecule has 2 aromatic heterocycles. The van der Waals surface area contributed by atoms with E-state index in [1.165, 1.54) is 24.3 Å². The fourth-order valence-electron chi connectivity index (χ4n) is 1.89. The maximum Gasteiger partial charge on any atom is 0.417 e. The van der Waals surface area contributed by atoms with Crippen molar-refractivity contribution in [3.05, 3.63) is 29.7 Å². The number of carbonyl (C=O) groups excluding carboxylic acids is 1. The highest BCUT2D eigenvalue weighted by Gasteiger charge is 2.37. The number of rotatable bonds is 3. The molecule has 0 bridgehead atoms. The van der Waals surface area contributed by atoms with E-state index >= 15 is 0 Å². The molecule has 114 valence electrons. The second kappa shape index (κ2) is 5.01. The van der Waals surface area contributed by atoms with Gasteiger partial charge in [0.15, 0.2) is 11.5 Å². The molecule has 0 aliphatic carbocycles. The third kappa shape index (κ3) is 2.70. The van der Waals surface area contributed by atoms with Gasteiger partial charge in [0.25, 0.3) is 0 Å². The SMILES string of the molecule is CCOC(=O)C(C)(C)c1nnc2ccc(C(F)(F)F)cn12. The molecule has 0 fully saturated rings. The summed E-state index contributed by atoms with van der Waals surface area (Å²) in [5.74, 6) is -0.473. The molecule has 0 atom stereocenters. The van der Waals surface area contributed by atoms with Gasteiger partial charge in [-0.3, -0.25) is 9.20 Å². The van der Waals surface area contributed by atoms with Crippen LogP contribution in [0, 0.1) is 0 Å². The number of pyridine rings is 1. The van der Waals surface area contributed by atoms with Gasteiger partial charge in [0.2, 0.25) is 0 Å². The molecule has 2 aromatic rings. The Hall–Kier alpha value is -2.12. The van der Waals surface area contributed by atoms with Crippen LogP contribution in [-0.4, -0.2) is 27.2 Å². The van der Waals surface area contributed by atoms with Gasteiger partial charge in [-0.1, -0.05) is 0 Å². The monoisotopic (exact) mass is 301 g/mol. The molecule has 0 spiro atoms. The summed E-state index contributed by atoms with van der Waals surface area (Å²) >= 11 is 0. The lowest BCUT2D eigenvalue weighted by molar-refractivity contribution is -0.149. The van der Waals surface area contributed by atoms with Crippen LogP contribution in [0.1, 0.15) is 32.2 Å². The van der Waals surface area contributed by atoms with E-state index in [0.29, 0.717) is 0 Å². The summed E-state index contributed by atoms with van der Waals surface area (Å²) in [5.41, 5.74) is -1.81. The van der Waals surface area contributed by atoms with Crippen LogP contribution in [0.5, 0.6) is 0 Å². The zero-order chi connectivity index (χ0) is 15.8. The van der Waals surface area contributed by atoms with Gasteiger partial charge in [-0.2, -0.15) is 13.2 Å². The molecule has 0 aliphatic heterocycles. The first kappa shape index (κ1) is 15.3. The minimum absolute atomic E-state index is 0.0991. The normalized spacial score (nSPS) is 12.7. The van der Waals surface area contributed by atoms with Crippen LogP contribution in [0.15, 0.2) is 18.3 Å². The van der Waals surface area contributed by atoms with E-state index in [2.05, 4.69) is 10.2 Å². The molecule has 0 unspecified atom stereocenters. The highest BCUT2D eigenvalue weighted by molar-refractivity contribution is 5.81. The highest BCUT2D eigenvalue weighted by atomic mass is 19.4. The third-order valence-electron chi connectivity index (χ3n) is 3.07. The molecule has 0 aromatic carbocycles. The molecule has 0 amide bonds. The van der Waals surface area contributed by atoms with Crippen LogP contribution in [0.4, 0.5) is 13.2 Å². The standard InChI is InChI=1S/C13H14F3N3O2/c1-4-21-11(20)12(2,3)10-18-17-9-6-5-8(7-19(9)10)13(14,15)16/h5-7H,4H2,1-3H3. The van der Waals surface area contributed by atoms with Crippen LogP contribution in [-0.2, 0) is 21.1 Å². The Labute approximate surface area is 118 Å². The first-order valence-electron chi connectivity index (χ1n) is 6.27. The number of nitrogens with zero attached hydrogens (tertiary/aromatic N) is 3. The Morgan fingerprint density at radius 3 is 2.52 bits per heavy atom. The summed E-state index contributed by atoms with van der Waals surface area (Å²) in [6, 6.07) is 2.13. The predicted molar refractivity (Wildman–Crippen MR) is 67.6 cm³/mol. The summed E-state index contributed by atoms with van der Waals surface area (Å²) in [7, 11) is 0. The zero-order valence-electron chi connectivity index (χ0n) is 11.7. The van der Waals surface area contributed by atoms with Crippen molar-refractivity contribution in [3.8, 4) is 0 Å². The van der Waals surface area contributed by atoms with Crippen molar-refractivity contribution < 1.29 is 22.7 Å². The van der Waals surface area contributed by atoms with Crippen molar-refractivity contribution in [3.63, 3.8) is 0 Å². The van der Waals surface area contributed by atoms with Crippen molar-refractivity contribution >= 4 is 11.6 Å². The number of fused-ring (bicyclic) bond motifs is 1. The fourth-order valence-corrected chi connectivity index (χ4v) is 1.89. The summed E-state index contributed by atoms with van der Waals surface area (Å²) < 4.78 is 44.5. The lowest BCUT2D eigenvalue weighted by Gasteiger charge is -2.20. The number of hydrogen-bond acceptors (Lipinski definition) is 4. The molecule has 0 N–H and O–H groups in total. The van der Waals surface area contributed by atoms with Gasteiger partial charge >= 0.3 is 12.1 Å². The number of alkyl halides is 3. The minimum Gasteiger partial charge on any atom is -0.465 e. The molecular weight excluding hydrogens is 287 g/mol. The van der Waals surface area contributed by atoms with Crippen molar-refractivity contribution in [2.24, 2.45) is 0 Å². The van der Waals surface area contributed by atoms with E-state index in [4.69, 9.17) is 4.74 Å². The van der Waals surface area contributed by atoms with E-state index in [1.807, 2.05) is 0 Å². The lowest BCUT2D eigenvalue weighted by Crippen LogP contribution is -2.33. The van der Waals surface area contributed by atoms with Gasteiger partial charge in [-0.25, -0.2) is 0 Å². The van der Waals surface area contributed by atoms with E-state index < -0.39 is 23.1 Å². The minimum atomic E-state index is -4.48. The van der Waals surface area contributed by atoms with Crippen molar-refractivity contribution in [1.82, 2.24) is 14.6 Å². The molecule has 0 aliphatic rings. The largest absolute Gasteiger partial charge is 0.465 e. The van der Waals surface area contributed by atoms with E-state index in [9.17, 15) is 18.0 Å². The molecule has 21 heavy (non-hydrogen) atoms. The summed E-state index contributed by atoms with van der Waals surface area (Å²) in [5, 5.41) is 7.63. The Kier molecular flexibility index (Phi) is 3.65. The summed E-state index contributed by atoms with van der Waals surface area (Å²) in [4.78, 5) is 12.0. The molecule has 2 heterocycles. The maximum atomic E-state index is 12.8. The van der Waals surface area contributed by atoms with Crippen molar-refractivity contribution in [1.29, 1.82) is 0 Å². The third-order valence-corrected chi connectivity index (χ3v) is 3.07. The van der Waals surface area contributed by atoms with Crippen molar-refractivity contribution in [2.45, 2.75) is 32.4 Å². The zero-order valence-corrected chi connectivity index (χ0v) is 11.7. The molecule has 0 saturated heterocycles. The van der Waals surface area contributed by atoms with Gasteiger partial charge in [0, 0.05) is 6.20 Å². The van der Waals surface area contributed by atoms with E-state index in [1.54, 1.807) is 6.92 Å². The van der Waals surface area contributed by atoms with E-state index in [-0.39, 0.29) is 18.1 Å². The highest BCUT2D eigenvalue weighted by Crippen LogP contribution is 2.31. The quantitative estimate of drug-likeness (QED) is 0.818. The van der Waals surface area contributed by atoms with Gasteiger partial charge < -0.3 is 4.74 Å². The molecule has 5 nitrogen and oxygen atoms in total. The Balaban J connectivity index is 2.57. The Morgan fingerprint density at radius 2 is 1.95 bits per heavy atom. The van der Waals surface area contributed by atoms with Crippen LogP contribution in [0.2, 0.25) is 0 Å². The predicted octanol–water partition coefficient (Wildman–Crippen LogP) is 2.59. The second-order valence-electron chi connectivity index (χ2n) is 5.01. The maximum absolute atomic E-state index is 12.8. The number of halogens is 3. The van der Waals surface area contributed by atoms with Crippen LogP contribution < -0.4 is 0 Å². The van der Waals surface area contributed by atoms with Gasteiger partial charge in [-0.05, 0) is 32.9 Å². The Morgan fingerprint density at radius 1 is 1.29 bits per heavy atom. The van der Waals surface area contributed by atoms with Crippen molar-refractivity contribution in [2.75, 3.05) is 6.61 Å². The number of ether oxygens (including phenoxy) is 1. The smallest absolute Gasteiger partial charge is 0.417 e. The molecule has 0 saturated carbocycles. The topological polar surface area (TPSA) is 56.5 Å². The second-order valence-corrected chi connectivity index (χ2v) is 5.01. The average molecular weight is 301 g/mol. The summed E-state index contributed by atoms with van der Waals surface area (Å²) in [6.45, 7) is 4.88. The fraction of sp³-hybridized carbons (Fsp3) is 0.462. The molecule has 2 rings (SSSR count). The van der Waals surface area contributed by atoms with Gasteiger partial charge in [-0.15, -0.1) is 10.2 Å². The lowest BCUT2D eigenvalue weighted by atomic mass is 9.92. The number of esters is 1. The molecule has 0 radical (unpaired) electrons. The Bertz CT molecular complexity index is 677. The van der Waals surface area contributed by atoms with Gasteiger partial charge in [0.1, 0.15) is 5.41 Å². The molecule has 8 heteroatoms. The number of carbonyl (C=O) groups is 1. The van der Waals surface area contributed by atoms with Crippen LogP contribution in [0.25, 0.3) is 5.65 Å². The molecular formula is C13H14F3N3O2. The van der Waals surface area contributed by atoms with E-state index in [0.717, 1.165) is 12.3 Å².